The average Bonchev–Trinajstić information content (AvgIpc) is 3.59. The molecule has 0 bridgehead atoms. The number of Topliss-reactive ketones (excluding diaryl/α,β-unsaturated/α-hetero) is 1. The van der Waals surface area contributed by atoms with Crippen LogP contribution in [0, 0.1) is 5.92 Å². The second-order valence-corrected chi connectivity index (χ2v) is 9.32. The van der Waals surface area contributed by atoms with Gasteiger partial charge in [-0.15, -0.1) is 0 Å². The van der Waals surface area contributed by atoms with E-state index in [1.807, 2.05) is 11.0 Å². The van der Waals surface area contributed by atoms with E-state index >= 15 is 0 Å². The van der Waals surface area contributed by atoms with Crippen molar-refractivity contribution < 1.29 is 9.59 Å². The maximum absolute atomic E-state index is 12.8. The number of carbonyl (C=O) groups is 2. The number of benzene rings is 1. The molecule has 0 spiro atoms. The molecule has 4 rings (SSSR count). The molecule has 5 nitrogen and oxygen atoms in total. The molecule has 1 aromatic carbocycles. The maximum Gasteiger partial charge on any atom is 0.272 e. The van der Waals surface area contributed by atoms with Crippen LogP contribution in [0.4, 0.5) is 0 Å². The summed E-state index contributed by atoms with van der Waals surface area (Å²) >= 11 is 12.3. The summed E-state index contributed by atoms with van der Waals surface area (Å²) < 4.78 is 0. The molecule has 1 amide bonds. The van der Waals surface area contributed by atoms with E-state index in [0.29, 0.717) is 34.1 Å². The van der Waals surface area contributed by atoms with Crippen molar-refractivity contribution in [2.75, 3.05) is 32.7 Å². The molecule has 31 heavy (non-hydrogen) atoms. The Morgan fingerprint density at radius 2 is 1.71 bits per heavy atom. The van der Waals surface area contributed by atoms with E-state index in [2.05, 4.69) is 9.88 Å². The van der Waals surface area contributed by atoms with Crippen LogP contribution in [-0.4, -0.2) is 59.2 Å². The standard InChI is InChI=1S/C24H27Cl2N3O2/c25-21-2-1-3-22(26)20(21)14-19(30)8-6-17-7-9-23(27-15-17)24(31)29-12-10-28(11-13-29)16-18-4-5-18/h1-3,7,9,15,18H,4-6,8,10-14,16H2. The number of ketones is 1. The van der Waals surface area contributed by atoms with Crippen LogP contribution in [0.5, 0.6) is 0 Å². The minimum Gasteiger partial charge on any atom is -0.335 e. The van der Waals surface area contributed by atoms with Gasteiger partial charge in [-0.2, -0.15) is 0 Å². The Morgan fingerprint density at radius 1 is 1.00 bits per heavy atom. The second kappa shape index (κ2) is 10.1. The lowest BCUT2D eigenvalue weighted by Gasteiger charge is -2.34. The van der Waals surface area contributed by atoms with Crippen LogP contribution in [-0.2, 0) is 17.6 Å². The van der Waals surface area contributed by atoms with Gasteiger partial charge in [0.05, 0.1) is 0 Å². The molecular weight excluding hydrogens is 433 g/mol. The van der Waals surface area contributed by atoms with E-state index in [9.17, 15) is 9.59 Å². The lowest BCUT2D eigenvalue weighted by atomic mass is 10.0. The van der Waals surface area contributed by atoms with Crippen LogP contribution in [0.15, 0.2) is 36.5 Å². The molecule has 2 heterocycles. The maximum atomic E-state index is 12.8. The molecular formula is C24H27Cl2N3O2. The number of pyridine rings is 1. The fourth-order valence-electron chi connectivity index (χ4n) is 3.93. The van der Waals surface area contributed by atoms with Crippen molar-refractivity contribution >= 4 is 34.9 Å². The van der Waals surface area contributed by atoms with Gasteiger partial charge in [0.2, 0.25) is 0 Å². The molecule has 1 aliphatic heterocycles. The van der Waals surface area contributed by atoms with Gasteiger partial charge in [-0.05, 0) is 54.5 Å². The first-order valence-corrected chi connectivity index (χ1v) is 11.7. The zero-order valence-electron chi connectivity index (χ0n) is 17.5. The molecule has 1 aromatic heterocycles. The van der Waals surface area contributed by atoms with E-state index in [0.717, 1.165) is 37.7 Å². The highest BCUT2D eigenvalue weighted by Crippen LogP contribution is 2.30. The summed E-state index contributed by atoms with van der Waals surface area (Å²) in [6, 6.07) is 8.90. The van der Waals surface area contributed by atoms with E-state index in [1.165, 1.54) is 19.4 Å². The SMILES string of the molecule is O=C(CCc1ccc(C(=O)N2CCN(CC3CC3)CC2)nc1)Cc1c(Cl)cccc1Cl. The molecule has 0 atom stereocenters. The van der Waals surface area contributed by atoms with Gasteiger partial charge < -0.3 is 4.90 Å². The fraction of sp³-hybridized carbons (Fsp3) is 0.458. The molecule has 2 aliphatic rings. The predicted molar refractivity (Wildman–Crippen MR) is 123 cm³/mol. The molecule has 7 heteroatoms. The Bertz CT molecular complexity index is 916. The Kier molecular flexibility index (Phi) is 7.26. The number of carbonyl (C=O) groups excluding carboxylic acids is 2. The molecule has 164 valence electrons. The second-order valence-electron chi connectivity index (χ2n) is 8.50. The van der Waals surface area contributed by atoms with E-state index in [-0.39, 0.29) is 18.1 Å². The first-order chi connectivity index (χ1) is 15.0. The van der Waals surface area contributed by atoms with Crippen molar-refractivity contribution in [2.45, 2.75) is 32.1 Å². The van der Waals surface area contributed by atoms with E-state index in [4.69, 9.17) is 23.2 Å². The number of rotatable bonds is 8. The van der Waals surface area contributed by atoms with Crippen LogP contribution < -0.4 is 0 Å². The monoisotopic (exact) mass is 459 g/mol. The molecule has 1 aliphatic carbocycles. The van der Waals surface area contributed by atoms with Gasteiger partial charge in [-0.25, -0.2) is 0 Å². The molecule has 1 saturated heterocycles. The minimum atomic E-state index is -0.0120. The number of aryl methyl sites for hydroxylation is 1. The van der Waals surface area contributed by atoms with Gasteiger partial charge in [0, 0.05) is 61.8 Å². The van der Waals surface area contributed by atoms with Gasteiger partial charge in [0.25, 0.3) is 5.91 Å². The third-order valence-electron chi connectivity index (χ3n) is 6.04. The highest BCUT2D eigenvalue weighted by molar-refractivity contribution is 6.36. The summed E-state index contributed by atoms with van der Waals surface area (Å²) in [7, 11) is 0. The number of hydrogen-bond donors (Lipinski definition) is 0. The van der Waals surface area contributed by atoms with Gasteiger partial charge in [0.15, 0.2) is 0 Å². The van der Waals surface area contributed by atoms with Crippen molar-refractivity contribution in [3.8, 4) is 0 Å². The fourth-order valence-corrected chi connectivity index (χ4v) is 4.46. The van der Waals surface area contributed by atoms with Gasteiger partial charge >= 0.3 is 0 Å². The van der Waals surface area contributed by atoms with Gasteiger partial charge in [0.1, 0.15) is 11.5 Å². The van der Waals surface area contributed by atoms with Crippen molar-refractivity contribution in [1.82, 2.24) is 14.8 Å². The molecule has 2 aromatic rings. The smallest absolute Gasteiger partial charge is 0.272 e. The van der Waals surface area contributed by atoms with Gasteiger partial charge in [-0.1, -0.05) is 35.3 Å². The Labute approximate surface area is 193 Å². The van der Waals surface area contributed by atoms with Crippen molar-refractivity contribution in [2.24, 2.45) is 5.92 Å². The van der Waals surface area contributed by atoms with Crippen LogP contribution in [0.2, 0.25) is 10.0 Å². The first kappa shape index (κ1) is 22.3. The van der Waals surface area contributed by atoms with Crippen LogP contribution >= 0.6 is 23.2 Å². The molecule has 2 fully saturated rings. The summed E-state index contributed by atoms with van der Waals surface area (Å²) in [6.07, 6.45) is 5.58. The zero-order valence-corrected chi connectivity index (χ0v) is 19.0. The molecule has 0 unspecified atom stereocenters. The van der Waals surface area contributed by atoms with E-state index < -0.39 is 0 Å². The summed E-state index contributed by atoms with van der Waals surface area (Å²) in [5.41, 5.74) is 2.07. The Balaban J connectivity index is 1.25. The largest absolute Gasteiger partial charge is 0.335 e. The summed E-state index contributed by atoms with van der Waals surface area (Å²) in [4.78, 5) is 33.8. The number of piperazine rings is 1. The molecule has 1 saturated carbocycles. The van der Waals surface area contributed by atoms with Crippen LogP contribution in [0.25, 0.3) is 0 Å². The highest BCUT2D eigenvalue weighted by Gasteiger charge is 2.28. The number of hydrogen-bond acceptors (Lipinski definition) is 4. The normalized spacial score (nSPS) is 17.0. The van der Waals surface area contributed by atoms with Crippen molar-refractivity contribution in [1.29, 1.82) is 0 Å². The zero-order chi connectivity index (χ0) is 21.8. The topological polar surface area (TPSA) is 53.5 Å². The number of aromatic nitrogens is 1. The molecule has 0 radical (unpaired) electrons. The number of halogens is 2. The lowest BCUT2D eigenvalue weighted by Crippen LogP contribution is -2.49. The van der Waals surface area contributed by atoms with Crippen LogP contribution in [0.3, 0.4) is 0 Å². The summed E-state index contributed by atoms with van der Waals surface area (Å²) in [6.45, 7) is 4.58. The Hall–Kier alpha value is -1.95. The summed E-state index contributed by atoms with van der Waals surface area (Å²) in [5, 5.41) is 1.03. The highest BCUT2D eigenvalue weighted by atomic mass is 35.5. The average molecular weight is 460 g/mol. The lowest BCUT2D eigenvalue weighted by molar-refractivity contribution is -0.118. The summed E-state index contributed by atoms with van der Waals surface area (Å²) in [5.74, 6) is 0.936. The minimum absolute atomic E-state index is 0.0120. The number of nitrogens with zero attached hydrogens (tertiary/aromatic N) is 3. The predicted octanol–water partition coefficient (Wildman–Crippen LogP) is 4.30. The third-order valence-corrected chi connectivity index (χ3v) is 6.75. The van der Waals surface area contributed by atoms with Crippen molar-refractivity contribution in [3.63, 3.8) is 0 Å². The Morgan fingerprint density at radius 3 is 2.32 bits per heavy atom. The molecule has 0 N–H and O–H groups in total. The quantitative estimate of drug-likeness (QED) is 0.590. The van der Waals surface area contributed by atoms with Crippen molar-refractivity contribution in [3.05, 3.63) is 63.4 Å². The van der Waals surface area contributed by atoms with Gasteiger partial charge in [-0.3, -0.25) is 19.5 Å². The third kappa shape index (κ3) is 6.06. The first-order valence-electron chi connectivity index (χ1n) is 10.9. The van der Waals surface area contributed by atoms with Crippen LogP contribution in [0.1, 0.15) is 40.9 Å². The number of amides is 1. The van der Waals surface area contributed by atoms with E-state index in [1.54, 1.807) is 30.5 Å².